The SMILES string of the molecule is O=C(O)C1CN2CCSC2=N1. The van der Waals surface area contributed by atoms with Gasteiger partial charge in [-0.2, -0.15) is 0 Å². The lowest BCUT2D eigenvalue weighted by Crippen LogP contribution is -2.28. The second kappa shape index (κ2) is 2.41. The largest absolute Gasteiger partial charge is 0.480 e. The molecule has 1 saturated heterocycles. The van der Waals surface area contributed by atoms with Crippen molar-refractivity contribution in [3.63, 3.8) is 0 Å². The van der Waals surface area contributed by atoms with Crippen LogP contribution in [0.2, 0.25) is 0 Å². The molecule has 0 amide bonds. The summed E-state index contributed by atoms with van der Waals surface area (Å²) < 4.78 is 0. The Morgan fingerprint density at radius 1 is 1.82 bits per heavy atom. The van der Waals surface area contributed by atoms with E-state index < -0.39 is 12.0 Å². The molecular weight excluding hydrogens is 164 g/mol. The van der Waals surface area contributed by atoms with E-state index in [-0.39, 0.29) is 0 Å². The van der Waals surface area contributed by atoms with Gasteiger partial charge in [-0.3, -0.25) is 0 Å². The van der Waals surface area contributed by atoms with Crippen LogP contribution in [0.15, 0.2) is 4.99 Å². The predicted octanol–water partition coefficient (Wildman–Crippen LogP) is -0.142. The van der Waals surface area contributed by atoms with Crippen molar-refractivity contribution in [3.8, 4) is 0 Å². The molecule has 0 aromatic heterocycles. The number of carbonyl (C=O) groups is 1. The molecule has 2 aliphatic heterocycles. The number of rotatable bonds is 1. The van der Waals surface area contributed by atoms with E-state index in [1.165, 1.54) is 0 Å². The van der Waals surface area contributed by atoms with Crippen molar-refractivity contribution < 1.29 is 9.90 Å². The fourth-order valence-corrected chi connectivity index (χ4v) is 2.28. The van der Waals surface area contributed by atoms with Crippen LogP contribution in [-0.2, 0) is 4.79 Å². The Morgan fingerprint density at radius 3 is 3.27 bits per heavy atom. The number of carboxylic acids is 1. The third-order valence-corrected chi connectivity index (χ3v) is 2.82. The average molecular weight is 172 g/mol. The Hall–Kier alpha value is -0.710. The van der Waals surface area contributed by atoms with Crippen molar-refractivity contribution in [1.82, 2.24) is 4.90 Å². The first-order valence-corrected chi connectivity index (χ1v) is 4.44. The molecular formula is C6H8N2O2S. The molecule has 11 heavy (non-hydrogen) atoms. The molecule has 1 unspecified atom stereocenters. The molecule has 5 heteroatoms. The maximum Gasteiger partial charge on any atom is 0.330 e. The monoisotopic (exact) mass is 172 g/mol. The molecule has 2 heterocycles. The first kappa shape index (κ1) is 6.97. The van der Waals surface area contributed by atoms with Crippen LogP contribution < -0.4 is 0 Å². The number of hydrogen-bond acceptors (Lipinski definition) is 4. The summed E-state index contributed by atoms with van der Waals surface area (Å²) in [5.41, 5.74) is 0. The van der Waals surface area contributed by atoms with Gasteiger partial charge in [0.2, 0.25) is 0 Å². The second-order valence-corrected chi connectivity index (χ2v) is 3.62. The van der Waals surface area contributed by atoms with Gasteiger partial charge in [0, 0.05) is 12.3 Å². The van der Waals surface area contributed by atoms with E-state index in [9.17, 15) is 4.79 Å². The summed E-state index contributed by atoms with van der Waals surface area (Å²) in [4.78, 5) is 16.6. The van der Waals surface area contributed by atoms with Crippen LogP contribution in [0.5, 0.6) is 0 Å². The van der Waals surface area contributed by atoms with Gasteiger partial charge in [0.1, 0.15) is 0 Å². The molecule has 0 saturated carbocycles. The molecule has 0 spiro atoms. The molecule has 1 fully saturated rings. The zero-order valence-electron chi connectivity index (χ0n) is 5.86. The van der Waals surface area contributed by atoms with E-state index in [1.807, 2.05) is 4.90 Å². The Kier molecular flexibility index (Phi) is 1.52. The highest BCUT2D eigenvalue weighted by Gasteiger charge is 2.32. The van der Waals surface area contributed by atoms with Crippen molar-refractivity contribution >= 4 is 22.9 Å². The Morgan fingerprint density at radius 2 is 2.64 bits per heavy atom. The first-order chi connectivity index (χ1) is 5.27. The van der Waals surface area contributed by atoms with Crippen LogP contribution in [-0.4, -0.2) is 46.0 Å². The number of aliphatic imine (C=N–C) groups is 1. The highest BCUT2D eigenvalue weighted by molar-refractivity contribution is 8.14. The summed E-state index contributed by atoms with van der Waals surface area (Å²) in [5, 5.41) is 9.54. The highest BCUT2D eigenvalue weighted by atomic mass is 32.2. The summed E-state index contributed by atoms with van der Waals surface area (Å²) in [6, 6.07) is -0.516. The summed E-state index contributed by atoms with van der Waals surface area (Å²) in [6.45, 7) is 1.52. The lowest BCUT2D eigenvalue weighted by atomic mass is 10.3. The Labute approximate surface area is 68.3 Å². The molecule has 0 bridgehead atoms. The van der Waals surface area contributed by atoms with Crippen molar-refractivity contribution in [3.05, 3.63) is 0 Å². The lowest BCUT2D eigenvalue weighted by molar-refractivity contribution is -0.138. The predicted molar refractivity (Wildman–Crippen MR) is 42.9 cm³/mol. The number of carboxylic acid groups (broad SMARTS) is 1. The van der Waals surface area contributed by atoms with Gasteiger partial charge in [-0.05, 0) is 0 Å². The maximum atomic E-state index is 10.5. The van der Waals surface area contributed by atoms with Crippen molar-refractivity contribution in [2.45, 2.75) is 6.04 Å². The molecule has 1 atom stereocenters. The molecule has 0 aromatic rings. The smallest absolute Gasteiger partial charge is 0.330 e. The molecule has 2 aliphatic rings. The van der Waals surface area contributed by atoms with E-state index in [1.54, 1.807) is 11.8 Å². The van der Waals surface area contributed by atoms with Crippen LogP contribution in [0.4, 0.5) is 0 Å². The first-order valence-electron chi connectivity index (χ1n) is 3.46. The number of hydrogen-bond donors (Lipinski definition) is 1. The van der Waals surface area contributed by atoms with Crippen LogP contribution in [0, 0.1) is 0 Å². The summed E-state index contributed by atoms with van der Waals surface area (Å²) in [7, 11) is 0. The van der Waals surface area contributed by atoms with Gasteiger partial charge in [-0.25, -0.2) is 9.79 Å². The Balaban J connectivity index is 2.13. The fourth-order valence-electron chi connectivity index (χ4n) is 1.24. The Bertz CT molecular complexity index is 229. The van der Waals surface area contributed by atoms with E-state index in [0.29, 0.717) is 6.54 Å². The van der Waals surface area contributed by atoms with E-state index >= 15 is 0 Å². The molecule has 0 aliphatic carbocycles. The van der Waals surface area contributed by atoms with Gasteiger partial charge >= 0.3 is 5.97 Å². The molecule has 1 N–H and O–H groups in total. The number of fused-ring (bicyclic) bond motifs is 1. The van der Waals surface area contributed by atoms with E-state index in [2.05, 4.69) is 4.99 Å². The third-order valence-electron chi connectivity index (χ3n) is 1.81. The minimum absolute atomic E-state index is 0.516. The molecule has 4 nitrogen and oxygen atoms in total. The van der Waals surface area contributed by atoms with Crippen molar-refractivity contribution in [2.75, 3.05) is 18.8 Å². The van der Waals surface area contributed by atoms with Gasteiger partial charge < -0.3 is 10.0 Å². The number of thioether (sulfide) groups is 1. The molecule has 60 valence electrons. The van der Waals surface area contributed by atoms with Crippen LogP contribution >= 0.6 is 11.8 Å². The van der Waals surface area contributed by atoms with Crippen LogP contribution in [0.25, 0.3) is 0 Å². The minimum atomic E-state index is -0.812. The lowest BCUT2D eigenvalue weighted by Gasteiger charge is -2.09. The average Bonchev–Trinajstić information content (AvgIpc) is 2.40. The third kappa shape index (κ3) is 1.09. The van der Waals surface area contributed by atoms with Gasteiger partial charge in [0.05, 0.1) is 6.54 Å². The highest BCUT2D eigenvalue weighted by Crippen LogP contribution is 2.24. The minimum Gasteiger partial charge on any atom is -0.480 e. The number of nitrogens with zero attached hydrogens (tertiary/aromatic N) is 2. The van der Waals surface area contributed by atoms with Crippen LogP contribution in [0.1, 0.15) is 0 Å². The van der Waals surface area contributed by atoms with Crippen LogP contribution in [0.3, 0.4) is 0 Å². The normalized spacial score (nSPS) is 28.5. The molecule has 0 aromatic carbocycles. The standard InChI is InChI=1S/C6H8N2O2S/c9-5(10)4-3-8-1-2-11-6(8)7-4/h4H,1-3H2,(H,9,10). The summed E-state index contributed by atoms with van der Waals surface area (Å²) in [5.74, 6) is 0.234. The maximum absolute atomic E-state index is 10.5. The molecule has 0 radical (unpaired) electrons. The zero-order valence-corrected chi connectivity index (χ0v) is 6.67. The number of amidine groups is 1. The summed E-state index contributed by atoms with van der Waals surface area (Å²) >= 11 is 1.65. The zero-order chi connectivity index (χ0) is 7.84. The number of aliphatic carboxylic acids is 1. The van der Waals surface area contributed by atoms with Gasteiger partial charge in [-0.15, -0.1) is 0 Å². The van der Waals surface area contributed by atoms with Crippen molar-refractivity contribution in [2.24, 2.45) is 4.99 Å². The summed E-state index contributed by atoms with van der Waals surface area (Å²) in [6.07, 6.45) is 0. The van der Waals surface area contributed by atoms with E-state index in [0.717, 1.165) is 17.5 Å². The van der Waals surface area contributed by atoms with Gasteiger partial charge in [-0.1, -0.05) is 11.8 Å². The van der Waals surface area contributed by atoms with E-state index in [4.69, 9.17) is 5.11 Å². The fraction of sp³-hybridized carbons (Fsp3) is 0.667. The van der Waals surface area contributed by atoms with Gasteiger partial charge in [0.15, 0.2) is 11.2 Å². The van der Waals surface area contributed by atoms with Gasteiger partial charge in [0.25, 0.3) is 0 Å². The second-order valence-electron chi connectivity index (χ2n) is 2.56. The van der Waals surface area contributed by atoms with Crippen molar-refractivity contribution in [1.29, 1.82) is 0 Å². The molecule has 2 rings (SSSR count). The quantitative estimate of drug-likeness (QED) is 0.598. The topological polar surface area (TPSA) is 52.9 Å².